The zero-order chi connectivity index (χ0) is 17.2. The van der Waals surface area contributed by atoms with Crippen LogP contribution in [0.25, 0.3) is 0 Å². The van der Waals surface area contributed by atoms with Crippen LogP contribution in [0.4, 0.5) is 0 Å². The van der Waals surface area contributed by atoms with Crippen molar-refractivity contribution < 1.29 is 13.2 Å². The van der Waals surface area contributed by atoms with Gasteiger partial charge in [-0.05, 0) is 30.9 Å². The number of piperazine rings is 1. The van der Waals surface area contributed by atoms with Gasteiger partial charge in [0.2, 0.25) is 15.9 Å². The fraction of sp³-hybridized carbons (Fsp3) is 0.471. The molecule has 1 aromatic carbocycles. The average Bonchev–Trinajstić information content (AvgIpc) is 3.08. The maximum absolute atomic E-state index is 12.7. The standard InChI is InChI=1S/C17H21ClN2O3S/c18-15-7-3-4-8-16(15)24(22,23)20-11-9-19(10-12-20)17(21)13-14-5-1-2-6-14/h1,3-5,7-8,14H,2,6,9-13H2/t14-/m1/s1. The number of halogens is 1. The van der Waals surface area contributed by atoms with Gasteiger partial charge in [0.15, 0.2) is 0 Å². The van der Waals surface area contributed by atoms with E-state index < -0.39 is 10.0 Å². The zero-order valence-corrected chi connectivity index (χ0v) is 15.0. The Morgan fingerprint density at radius 1 is 1.17 bits per heavy atom. The van der Waals surface area contributed by atoms with Gasteiger partial charge in [-0.15, -0.1) is 0 Å². The normalized spacial score (nSPS) is 22.0. The molecule has 1 saturated heterocycles. The Kier molecular flexibility index (Phi) is 5.27. The number of carbonyl (C=O) groups excluding carboxylic acids is 1. The van der Waals surface area contributed by atoms with E-state index >= 15 is 0 Å². The van der Waals surface area contributed by atoms with Crippen LogP contribution >= 0.6 is 11.6 Å². The maximum atomic E-state index is 12.7. The molecule has 0 aromatic heterocycles. The summed E-state index contributed by atoms with van der Waals surface area (Å²) in [6.45, 7) is 1.47. The van der Waals surface area contributed by atoms with Crippen molar-refractivity contribution >= 4 is 27.5 Å². The minimum atomic E-state index is -3.61. The molecule has 1 atom stereocenters. The van der Waals surface area contributed by atoms with Crippen molar-refractivity contribution in [3.05, 3.63) is 41.4 Å². The molecule has 24 heavy (non-hydrogen) atoms. The zero-order valence-electron chi connectivity index (χ0n) is 13.4. The number of allylic oxidation sites excluding steroid dienone is 2. The van der Waals surface area contributed by atoms with E-state index in [1.807, 2.05) is 0 Å². The van der Waals surface area contributed by atoms with Crippen molar-refractivity contribution in [3.8, 4) is 0 Å². The quantitative estimate of drug-likeness (QED) is 0.767. The van der Waals surface area contributed by atoms with Crippen molar-refractivity contribution in [2.45, 2.75) is 24.2 Å². The summed E-state index contributed by atoms with van der Waals surface area (Å²) in [4.78, 5) is 14.2. The third-order valence-corrected chi connectivity index (χ3v) is 6.99. The first-order valence-corrected chi connectivity index (χ1v) is 9.99. The van der Waals surface area contributed by atoms with Crippen LogP contribution in [-0.2, 0) is 14.8 Å². The van der Waals surface area contributed by atoms with Crippen molar-refractivity contribution in [1.29, 1.82) is 0 Å². The lowest BCUT2D eigenvalue weighted by Crippen LogP contribution is -2.50. The number of amides is 1. The summed E-state index contributed by atoms with van der Waals surface area (Å²) < 4.78 is 26.8. The van der Waals surface area contributed by atoms with E-state index in [4.69, 9.17) is 11.6 Å². The first-order chi connectivity index (χ1) is 11.5. The maximum Gasteiger partial charge on any atom is 0.244 e. The minimum Gasteiger partial charge on any atom is -0.340 e. The van der Waals surface area contributed by atoms with E-state index in [-0.39, 0.29) is 15.8 Å². The molecule has 7 heteroatoms. The second-order valence-corrected chi connectivity index (χ2v) is 8.50. The van der Waals surface area contributed by atoms with Gasteiger partial charge in [0.25, 0.3) is 0 Å². The van der Waals surface area contributed by atoms with Crippen molar-refractivity contribution in [2.75, 3.05) is 26.2 Å². The Balaban J connectivity index is 1.61. The van der Waals surface area contributed by atoms with E-state index in [2.05, 4.69) is 12.2 Å². The van der Waals surface area contributed by atoms with Gasteiger partial charge < -0.3 is 4.90 Å². The molecule has 1 heterocycles. The van der Waals surface area contributed by atoms with Crippen LogP contribution in [0.15, 0.2) is 41.3 Å². The first kappa shape index (κ1) is 17.5. The third-order valence-electron chi connectivity index (χ3n) is 4.60. The fourth-order valence-corrected chi connectivity index (χ4v) is 5.10. The number of nitrogens with zero attached hydrogens (tertiary/aromatic N) is 2. The molecular weight excluding hydrogens is 348 g/mol. The van der Waals surface area contributed by atoms with E-state index in [9.17, 15) is 13.2 Å². The van der Waals surface area contributed by atoms with Crippen molar-refractivity contribution in [3.63, 3.8) is 0 Å². The lowest BCUT2D eigenvalue weighted by molar-refractivity contribution is -0.133. The summed E-state index contributed by atoms with van der Waals surface area (Å²) in [6.07, 6.45) is 6.82. The highest BCUT2D eigenvalue weighted by Crippen LogP contribution is 2.26. The third kappa shape index (κ3) is 3.66. The molecule has 3 rings (SSSR count). The number of carbonyl (C=O) groups is 1. The second-order valence-electron chi connectivity index (χ2n) is 6.19. The lowest BCUT2D eigenvalue weighted by Gasteiger charge is -2.34. The van der Waals surface area contributed by atoms with Crippen molar-refractivity contribution in [2.24, 2.45) is 5.92 Å². The Morgan fingerprint density at radius 3 is 2.50 bits per heavy atom. The summed E-state index contributed by atoms with van der Waals surface area (Å²) in [5.74, 6) is 0.448. The fourth-order valence-electron chi connectivity index (χ4n) is 3.19. The molecule has 1 aromatic rings. The summed E-state index contributed by atoms with van der Waals surface area (Å²) in [5.41, 5.74) is 0. The van der Waals surface area contributed by atoms with Gasteiger partial charge in [0, 0.05) is 32.6 Å². The highest BCUT2D eigenvalue weighted by atomic mass is 35.5. The predicted molar refractivity (Wildman–Crippen MR) is 93.3 cm³/mol. The highest BCUT2D eigenvalue weighted by Gasteiger charge is 2.31. The summed E-state index contributed by atoms with van der Waals surface area (Å²) in [5, 5.41) is 0.226. The minimum absolute atomic E-state index is 0.112. The van der Waals surface area contributed by atoms with Crippen LogP contribution in [0.5, 0.6) is 0 Å². The molecule has 0 N–H and O–H groups in total. The Hall–Kier alpha value is -1.37. The largest absolute Gasteiger partial charge is 0.340 e. The Morgan fingerprint density at radius 2 is 1.88 bits per heavy atom. The topological polar surface area (TPSA) is 57.7 Å². The Labute approximate surface area is 147 Å². The molecule has 5 nitrogen and oxygen atoms in total. The molecule has 0 unspecified atom stereocenters. The van der Waals surface area contributed by atoms with Crippen LogP contribution in [0, 0.1) is 5.92 Å². The summed E-state index contributed by atoms with van der Waals surface area (Å²) in [6, 6.07) is 6.45. The predicted octanol–water partition coefficient (Wildman–Crippen LogP) is 2.53. The molecule has 1 aliphatic heterocycles. The highest BCUT2D eigenvalue weighted by molar-refractivity contribution is 7.89. The second kappa shape index (κ2) is 7.25. The number of benzene rings is 1. The van der Waals surface area contributed by atoms with Crippen LogP contribution in [0.1, 0.15) is 19.3 Å². The van der Waals surface area contributed by atoms with Gasteiger partial charge in [-0.2, -0.15) is 4.31 Å². The van der Waals surface area contributed by atoms with E-state index in [1.54, 1.807) is 23.1 Å². The molecule has 0 radical (unpaired) electrons. The molecule has 1 fully saturated rings. The number of rotatable bonds is 4. The molecule has 130 valence electrons. The van der Waals surface area contributed by atoms with Crippen LogP contribution in [0.2, 0.25) is 5.02 Å². The van der Waals surface area contributed by atoms with Gasteiger partial charge >= 0.3 is 0 Å². The van der Waals surface area contributed by atoms with Crippen LogP contribution in [-0.4, -0.2) is 49.7 Å². The number of hydrogen-bond acceptors (Lipinski definition) is 3. The first-order valence-electron chi connectivity index (χ1n) is 8.17. The smallest absolute Gasteiger partial charge is 0.244 e. The SMILES string of the molecule is O=C(C[C@@H]1C=CCC1)N1CCN(S(=O)(=O)c2ccccc2Cl)CC1. The molecular formula is C17H21ClN2O3S. The molecule has 2 aliphatic rings. The lowest BCUT2D eigenvalue weighted by atomic mass is 10.0. The molecule has 0 saturated carbocycles. The molecule has 1 amide bonds. The van der Waals surface area contributed by atoms with Gasteiger partial charge in [0.05, 0.1) is 5.02 Å². The van der Waals surface area contributed by atoms with E-state index in [0.717, 1.165) is 12.8 Å². The number of hydrogen-bond donors (Lipinski definition) is 0. The van der Waals surface area contributed by atoms with Gasteiger partial charge in [-0.25, -0.2) is 8.42 Å². The summed E-state index contributed by atoms with van der Waals surface area (Å²) in [7, 11) is -3.61. The van der Waals surface area contributed by atoms with E-state index in [1.165, 1.54) is 10.4 Å². The average molecular weight is 369 g/mol. The van der Waals surface area contributed by atoms with Gasteiger partial charge in [0.1, 0.15) is 4.90 Å². The molecule has 1 aliphatic carbocycles. The monoisotopic (exact) mass is 368 g/mol. The van der Waals surface area contributed by atoms with Gasteiger partial charge in [-0.3, -0.25) is 4.79 Å². The van der Waals surface area contributed by atoms with E-state index in [0.29, 0.717) is 38.5 Å². The number of sulfonamides is 1. The molecule has 0 bridgehead atoms. The molecule has 0 spiro atoms. The van der Waals surface area contributed by atoms with Gasteiger partial charge in [-0.1, -0.05) is 35.9 Å². The summed E-state index contributed by atoms with van der Waals surface area (Å²) >= 11 is 6.03. The van der Waals surface area contributed by atoms with Crippen LogP contribution in [0.3, 0.4) is 0 Å². The van der Waals surface area contributed by atoms with Crippen LogP contribution < -0.4 is 0 Å². The Bertz CT molecular complexity index is 740. The van der Waals surface area contributed by atoms with Crippen molar-refractivity contribution in [1.82, 2.24) is 9.21 Å².